The third-order valence-electron chi connectivity index (χ3n) is 6.22. The molecule has 0 aliphatic heterocycles. The molecule has 17 heavy (non-hydrogen) atoms. The number of fused-ring (bicyclic) bond motifs is 4. The Kier molecular flexibility index (Phi) is 2.29. The number of rotatable bonds is 0. The Hall–Kier alpha value is -0.110. The maximum Gasteiger partial charge on any atom is 0.111 e. The molecule has 5 atom stereocenters. The molecule has 2 bridgehead atoms. The van der Waals surface area contributed by atoms with Crippen LogP contribution in [0.1, 0.15) is 59.3 Å². The molecule has 0 spiro atoms. The predicted molar refractivity (Wildman–Crippen MR) is 66.4 cm³/mol. The van der Waals surface area contributed by atoms with Crippen LogP contribution in [0.4, 0.5) is 4.39 Å². The summed E-state index contributed by atoms with van der Waals surface area (Å²) in [7, 11) is 0. The SMILES string of the molecule is CC12CCCC(O)(C1)[C@@H]1C(F)C(C)(C)[C@H]1CC2. The van der Waals surface area contributed by atoms with Crippen LogP contribution in [0.2, 0.25) is 0 Å². The summed E-state index contributed by atoms with van der Waals surface area (Å²) in [4.78, 5) is 0. The largest absolute Gasteiger partial charge is 0.389 e. The molecule has 0 heterocycles. The summed E-state index contributed by atoms with van der Waals surface area (Å²) < 4.78 is 14.4. The van der Waals surface area contributed by atoms with Gasteiger partial charge in [0.25, 0.3) is 0 Å². The van der Waals surface area contributed by atoms with Gasteiger partial charge in [-0.3, -0.25) is 0 Å². The highest BCUT2D eigenvalue weighted by Gasteiger charge is 2.66. The van der Waals surface area contributed by atoms with Crippen molar-refractivity contribution in [3.05, 3.63) is 0 Å². The highest BCUT2D eigenvalue weighted by molar-refractivity contribution is 5.15. The Morgan fingerprint density at radius 2 is 1.82 bits per heavy atom. The van der Waals surface area contributed by atoms with Crippen molar-refractivity contribution in [3.63, 3.8) is 0 Å². The molecule has 0 saturated heterocycles. The van der Waals surface area contributed by atoms with Crippen molar-refractivity contribution in [2.75, 3.05) is 0 Å². The lowest BCUT2D eigenvalue weighted by molar-refractivity contribution is -0.211. The topological polar surface area (TPSA) is 20.2 Å². The van der Waals surface area contributed by atoms with Gasteiger partial charge in [0.15, 0.2) is 0 Å². The smallest absolute Gasteiger partial charge is 0.111 e. The van der Waals surface area contributed by atoms with Crippen molar-refractivity contribution in [1.29, 1.82) is 0 Å². The van der Waals surface area contributed by atoms with Gasteiger partial charge in [-0.1, -0.05) is 27.2 Å². The van der Waals surface area contributed by atoms with Gasteiger partial charge in [0, 0.05) is 5.92 Å². The second-order valence-electron chi connectivity index (χ2n) is 7.84. The van der Waals surface area contributed by atoms with Crippen molar-refractivity contribution < 1.29 is 9.50 Å². The Labute approximate surface area is 104 Å². The first-order valence-corrected chi connectivity index (χ1v) is 7.15. The molecule has 3 saturated carbocycles. The highest BCUT2D eigenvalue weighted by atomic mass is 19.1. The average molecular weight is 240 g/mol. The van der Waals surface area contributed by atoms with E-state index in [1.54, 1.807) is 0 Å². The first kappa shape index (κ1) is 12.0. The zero-order valence-electron chi connectivity index (χ0n) is 11.3. The van der Waals surface area contributed by atoms with Crippen LogP contribution in [0.15, 0.2) is 0 Å². The fraction of sp³-hybridized carbons (Fsp3) is 1.00. The Balaban J connectivity index is 1.96. The molecule has 3 fully saturated rings. The number of hydrogen-bond donors (Lipinski definition) is 1. The van der Waals surface area contributed by atoms with E-state index in [4.69, 9.17) is 0 Å². The molecule has 3 aliphatic carbocycles. The molecule has 1 N–H and O–H groups in total. The van der Waals surface area contributed by atoms with Gasteiger partial charge in [-0.05, 0) is 48.9 Å². The van der Waals surface area contributed by atoms with Gasteiger partial charge in [-0.2, -0.15) is 0 Å². The summed E-state index contributed by atoms with van der Waals surface area (Å²) in [5.41, 5.74) is -0.655. The second kappa shape index (κ2) is 3.26. The van der Waals surface area contributed by atoms with E-state index in [1.165, 1.54) is 12.8 Å². The number of alkyl halides is 1. The Morgan fingerprint density at radius 3 is 2.53 bits per heavy atom. The van der Waals surface area contributed by atoms with E-state index in [2.05, 4.69) is 6.92 Å². The Bertz CT molecular complexity index is 340. The van der Waals surface area contributed by atoms with Crippen molar-refractivity contribution in [2.45, 2.75) is 71.1 Å². The van der Waals surface area contributed by atoms with Gasteiger partial charge in [0.1, 0.15) is 6.17 Å². The average Bonchev–Trinajstić information content (AvgIpc) is 2.29. The zero-order valence-corrected chi connectivity index (χ0v) is 11.3. The lowest BCUT2D eigenvalue weighted by atomic mass is 9.48. The molecule has 0 aromatic rings. The number of aliphatic hydroxyl groups is 1. The van der Waals surface area contributed by atoms with Gasteiger partial charge in [0.2, 0.25) is 0 Å². The molecule has 0 radical (unpaired) electrons. The number of hydrogen-bond acceptors (Lipinski definition) is 1. The van der Waals surface area contributed by atoms with Crippen LogP contribution in [-0.2, 0) is 0 Å². The van der Waals surface area contributed by atoms with Crippen LogP contribution in [0.25, 0.3) is 0 Å². The van der Waals surface area contributed by atoms with Crippen molar-refractivity contribution in [2.24, 2.45) is 22.7 Å². The zero-order chi connectivity index (χ0) is 12.5. The minimum absolute atomic E-state index is 0.0837. The van der Waals surface area contributed by atoms with Gasteiger partial charge in [-0.15, -0.1) is 0 Å². The fourth-order valence-electron chi connectivity index (χ4n) is 5.15. The summed E-state index contributed by atoms with van der Waals surface area (Å²) in [5, 5.41) is 10.9. The molecule has 2 heteroatoms. The van der Waals surface area contributed by atoms with Gasteiger partial charge >= 0.3 is 0 Å². The van der Waals surface area contributed by atoms with Crippen molar-refractivity contribution >= 4 is 0 Å². The molecule has 3 rings (SSSR count). The normalized spacial score (nSPS) is 56.6. The minimum Gasteiger partial charge on any atom is -0.389 e. The van der Waals surface area contributed by atoms with E-state index in [-0.39, 0.29) is 16.7 Å². The molecular formula is C15H25FO. The highest BCUT2D eigenvalue weighted by Crippen LogP contribution is 2.65. The third kappa shape index (κ3) is 1.46. The minimum atomic E-state index is -0.807. The van der Waals surface area contributed by atoms with E-state index < -0.39 is 11.8 Å². The van der Waals surface area contributed by atoms with Crippen LogP contribution in [0.3, 0.4) is 0 Å². The fourth-order valence-corrected chi connectivity index (χ4v) is 5.15. The third-order valence-corrected chi connectivity index (χ3v) is 6.22. The van der Waals surface area contributed by atoms with Gasteiger partial charge in [-0.25, -0.2) is 4.39 Å². The summed E-state index contributed by atoms with van der Waals surface area (Å²) in [6.45, 7) is 6.38. The molecular weight excluding hydrogens is 215 g/mol. The van der Waals surface area contributed by atoms with Crippen LogP contribution in [0, 0.1) is 22.7 Å². The van der Waals surface area contributed by atoms with Crippen LogP contribution < -0.4 is 0 Å². The van der Waals surface area contributed by atoms with E-state index in [0.717, 1.165) is 25.7 Å². The molecule has 1 nitrogen and oxygen atoms in total. The summed E-state index contributed by atoms with van der Waals surface area (Å²) in [6.07, 6.45) is 5.41. The van der Waals surface area contributed by atoms with Gasteiger partial charge < -0.3 is 5.11 Å². The predicted octanol–water partition coefficient (Wildman–Crippen LogP) is 3.70. The molecule has 0 aromatic carbocycles. The van der Waals surface area contributed by atoms with Crippen molar-refractivity contribution in [3.8, 4) is 0 Å². The molecule has 3 unspecified atom stereocenters. The molecule has 0 aromatic heterocycles. The first-order valence-electron chi connectivity index (χ1n) is 7.15. The maximum absolute atomic E-state index is 14.4. The Morgan fingerprint density at radius 1 is 1.12 bits per heavy atom. The lowest BCUT2D eigenvalue weighted by Gasteiger charge is -2.60. The monoisotopic (exact) mass is 240 g/mol. The van der Waals surface area contributed by atoms with E-state index in [9.17, 15) is 9.50 Å². The molecule has 3 aliphatic rings. The summed E-state index contributed by atoms with van der Waals surface area (Å²) in [5.74, 6) is 0.307. The molecule has 0 amide bonds. The van der Waals surface area contributed by atoms with Crippen LogP contribution >= 0.6 is 0 Å². The van der Waals surface area contributed by atoms with E-state index >= 15 is 0 Å². The van der Waals surface area contributed by atoms with Crippen LogP contribution in [-0.4, -0.2) is 16.9 Å². The first-order chi connectivity index (χ1) is 7.79. The van der Waals surface area contributed by atoms with Crippen molar-refractivity contribution in [1.82, 2.24) is 0 Å². The van der Waals surface area contributed by atoms with Crippen LogP contribution in [0.5, 0.6) is 0 Å². The maximum atomic E-state index is 14.4. The molecule has 98 valence electrons. The van der Waals surface area contributed by atoms with E-state index in [0.29, 0.717) is 5.92 Å². The standard InChI is InChI=1S/C15H25FO/c1-13(2)10-5-8-14(3)6-4-7-15(17,9-14)11(10)12(13)16/h10-12,17H,4-9H2,1-3H3/t10-,11-,12?,14?,15?/m0/s1. The summed E-state index contributed by atoms with van der Waals surface area (Å²) >= 11 is 0. The lowest BCUT2D eigenvalue weighted by Crippen LogP contribution is -2.64. The van der Waals surface area contributed by atoms with E-state index in [1.807, 2.05) is 13.8 Å². The van der Waals surface area contributed by atoms with Gasteiger partial charge in [0.05, 0.1) is 5.60 Å². The second-order valence-corrected chi connectivity index (χ2v) is 7.84. The number of halogens is 1. The summed E-state index contributed by atoms with van der Waals surface area (Å²) in [6, 6.07) is 0. The quantitative estimate of drug-likeness (QED) is 0.684.